The Morgan fingerprint density at radius 3 is 2.69 bits per heavy atom. The lowest BCUT2D eigenvalue weighted by Crippen LogP contribution is -2.26. The largest absolute Gasteiger partial charge is 0.367 e. The van der Waals surface area contributed by atoms with Gasteiger partial charge in [0.2, 0.25) is 0 Å². The molecular formula is C30H34N6O2S. The van der Waals surface area contributed by atoms with Gasteiger partial charge in [-0.25, -0.2) is 4.98 Å². The van der Waals surface area contributed by atoms with Crippen molar-refractivity contribution in [3.05, 3.63) is 95.8 Å². The molecule has 4 aromatic rings. The molecule has 39 heavy (non-hydrogen) atoms. The highest BCUT2D eigenvalue weighted by atomic mass is 32.2. The number of hydrogen-bond acceptors (Lipinski definition) is 5. The number of carbonyl (C=O) groups is 1. The minimum Gasteiger partial charge on any atom is -0.367 e. The Morgan fingerprint density at radius 2 is 1.92 bits per heavy atom. The smallest absolute Gasteiger partial charge is 0.251 e. The number of nitrogens with one attached hydrogen (secondary N) is 1. The molecule has 0 saturated heterocycles. The number of anilines is 2. The van der Waals surface area contributed by atoms with Crippen molar-refractivity contribution in [2.75, 3.05) is 16.8 Å². The average Bonchev–Trinajstić information content (AvgIpc) is 3.55. The van der Waals surface area contributed by atoms with Gasteiger partial charge in [0.15, 0.2) is 0 Å². The lowest BCUT2D eigenvalue weighted by atomic mass is 10.00. The summed E-state index contributed by atoms with van der Waals surface area (Å²) in [6.45, 7) is 4.58. The first-order chi connectivity index (χ1) is 19.0. The second-order valence-corrected chi connectivity index (χ2v) is 11.3. The highest BCUT2D eigenvalue weighted by molar-refractivity contribution is 7.84. The molecule has 5 rings (SSSR count). The maximum absolute atomic E-state index is 13.3. The highest BCUT2D eigenvalue weighted by Gasteiger charge is 2.19. The Morgan fingerprint density at radius 1 is 1.10 bits per heavy atom. The van der Waals surface area contributed by atoms with Crippen LogP contribution in [0.25, 0.3) is 6.08 Å². The lowest BCUT2D eigenvalue weighted by molar-refractivity contribution is -0.112. The van der Waals surface area contributed by atoms with E-state index in [4.69, 9.17) is 0 Å². The average molecular weight is 543 g/mol. The van der Waals surface area contributed by atoms with Crippen LogP contribution in [0.2, 0.25) is 0 Å². The van der Waals surface area contributed by atoms with Crippen molar-refractivity contribution >= 4 is 34.2 Å². The third-order valence-corrected chi connectivity index (χ3v) is 8.18. The molecule has 0 radical (unpaired) electrons. The van der Waals surface area contributed by atoms with Crippen LogP contribution in [0.5, 0.6) is 0 Å². The van der Waals surface area contributed by atoms with Crippen molar-refractivity contribution in [2.24, 2.45) is 7.05 Å². The molecule has 0 fully saturated rings. The number of carbonyl (C=O) groups excluding carboxylic acids is 1. The second-order valence-electron chi connectivity index (χ2n) is 9.82. The van der Waals surface area contributed by atoms with Gasteiger partial charge in [0, 0.05) is 66.5 Å². The molecule has 8 nitrogen and oxygen atoms in total. The van der Waals surface area contributed by atoms with E-state index in [0.717, 1.165) is 65.5 Å². The Bertz CT molecular complexity index is 1490. The van der Waals surface area contributed by atoms with Gasteiger partial charge in [0.1, 0.15) is 0 Å². The molecule has 9 heteroatoms. The molecule has 1 amide bonds. The van der Waals surface area contributed by atoms with E-state index < -0.39 is 10.8 Å². The summed E-state index contributed by atoms with van der Waals surface area (Å²) in [4.78, 5) is 20.6. The van der Waals surface area contributed by atoms with Gasteiger partial charge >= 0.3 is 0 Å². The number of para-hydroxylation sites is 1. The number of rotatable bonds is 9. The number of fused-ring (bicyclic) bond motifs is 1. The molecule has 2 aromatic carbocycles. The molecule has 1 aliphatic heterocycles. The quantitative estimate of drug-likeness (QED) is 0.316. The SMILES string of the molecule is CCCn1cncc1CS(=O)c1ccc(NC(=O)C2=Cc3ccccc3N(Cc3cnn(C)c3)CCC2)cc1. The van der Waals surface area contributed by atoms with Crippen molar-refractivity contribution in [2.45, 2.75) is 49.9 Å². The van der Waals surface area contributed by atoms with E-state index in [9.17, 15) is 9.00 Å². The number of amides is 1. The maximum atomic E-state index is 13.3. The Hall–Kier alpha value is -3.98. The van der Waals surface area contributed by atoms with Crippen LogP contribution in [0, 0.1) is 0 Å². The van der Waals surface area contributed by atoms with Crippen molar-refractivity contribution in [1.29, 1.82) is 0 Å². The monoisotopic (exact) mass is 542 g/mol. The second kappa shape index (κ2) is 12.3. The minimum absolute atomic E-state index is 0.108. The molecule has 1 unspecified atom stereocenters. The van der Waals surface area contributed by atoms with Crippen LogP contribution in [0.1, 0.15) is 43.0 Å². The van der Waals surface area contributed by atoms with Gasteiger partial charge in [-0.05, 0) is 61.2 Å². The molecule has 1 atom stereocenters. The number of hydrogen-bond donors (Lipinski definition) is 1. The van der Waals surface area contributed by atoms with Crippen molar-refractivity contribution in [3.8, 4) is 0 Å². The topological polar surface area (TPSA) is 85.1 Å². The molecule has 0 saturated carbocycles. The van der Waals surface area contributed by atoms with Crippen LogP contribution in [-0.4, -0.2) is 36.0 Å². The predicted octanol–water partition coefficient (Wildman–Crippen LogP) is 5.16. The zero-order chi connectivity index (χ0) is 27.2. The lowest BCUT2D eigenvalue weighted by Gasteiger charge is -2.28. The molecule has 1 aliphatic rings. The van der Waals surface area contributed by atoms with Gasteiger partial charge in [-0.1, -0.05) is 25.1 Å². The number of aromatic nitrogens is 4. The summed E-state index contributed by atoms with van der Waals surface area (Å²) in [5.74, 6) is 0.304. The Balaban J connectivity index is 1.27. The van der Waals surface area contributed by atoms with Crippen molar-refractivity contribution < 1.29 is 9.00 Å². The zero-order valence-electron chi connectivity index (χ0n) is 22.4. The summed E-state index contributed by atoms with van der Waals surface area (Å²) >= 11 is 0. The first-order valence-electron chi connectivity index (χ1n) is 13.3. The van der Waals surface area contributed by atoms with E-state index >= 15 is 0 Å². The first kappa shape index (κ1) is 26.6. The van der Waals surface area contributed by atoms with E-state index in [1.165, 1.54) is 0 Å². The standard InChI is InChI=1S/C30H34N6O2S/c1-3-14-36-22-31-18-27(36)21-39(38)28-12-10-26(11-13-28)33-30(37)25-8-6-15-35(20-23-17-32-34(2)19-23)29-9-5-4-7-24(29)16-25/h4-5,7,9-13,16-19,22H,3,6,8,14-15,20-21H2,1-2H3,(H,33,37). The van der Waals surface area contributed by atoms with Gasteiger partial charge in [-0.3, -0.25) is 13.7 Å². The number of aryl methyl sites for hydroxylation is 2. The zero-order valence-corrected chi connectivity index (χ0v) is 23.2. The summed E-state index contributed by atoms with van der Waals surface area (Å²) in [6, 6.07) is 15.5. The summed E-state index contributed by atoms with van der Waals surface area (Å²) in [7, 11) is 0.734. The first-order valence-corrected chi connectivity index (χ1v) is 14.6. The molecular weight excluding hydrogens is 508 g/mol. The van der Waals surface area contributed by atoms with Crippen LogP contribution in [0.15, 0.2) is 83.9 Å². The minimum atomic E-state index is -1.19. The third kappa shape index (κ3) is 6.54. The summed E-state index contributed by atoms with van der Waals surface area (Å²) in [5.41, 5.74) is 5.69. The molecule has 0 aliphatic carbocycles. The van der Waals surface area contributed by atoms with E-state index in [-0.39, 0.29) is 5.91 Å². The Kier molecular flexibility index (Phi) is 8.36. The predicted molar refractivity (Wildman–Crippen MR) is 156 cm³/mol. The van der Waals surface area contributed by atoms with Gasteiger partial charge in [0.05, 0.1) is 34.8 Å². The molecule has 0 bridgehead atoms. The molecule has 202 valence electrons. The Labute approximate surface area is 231 Å². The normalized spacial score (nSPS) is 14.2. The van der Waals surface area contributed by atoms with Gasteiger partial charge in [0.25, 0.3) is 5.91 Å². The van der Waals surface area contributed by atoms with Crippen LogP contribution in [0.4, 0.5) is 11.4 Å². The number of benzene rings is 2. The van der Waals surface area contributed by atoms with Crippen molar-refractivity contribution in [3.63, 3.8) is 0 Å². The fourth-order valence-electron chi connectivity index (χ4n) is 4.89. The van der Waals surface area contributed by atoms with E-state index in [1.54, 1.807) is 12.5 Å². The van der Waals surface area contributed by atoms with E-state index in [2.05, 4.69) is 39.4 Å². The van der Waals surface area contributed by atoms with E-state index in [1.807, 2.05) is 71.2 Å². The van der Waals surface area contributed by atoms with E-state index in [0.29, 0.717) is 17.9 Å². The van der Waals surface area contributed by atoms with Gasteiger partial charge in [-0.15, -0.1) is 0 Å². The number of nitrogens with zero attached hydrogens (tertiary/aromatic N) is 5. The van der Waals surface area contributed by atoms with Gasteiger partial charge in [-0.2, -0.15) is 5.10 Å². The number of imidazole rings is 1. The van der Waals surface area contributed by atoms with Gasteiger partial charge < -0.3 is 14.8 Å². The maximum Gasteiger partial charge on any atom is 0.251 e. The van der Waals surface area contributed by atoms with Crippen molar-refractivity contribution in [1.82, 2.24) is 19.3 Å². The van der Waals surface area contributed by atoms with Crippen LogP contribution in [0.3, 0.4) is 0 Å². The summed E-state index contributed by atoms with van der Waals surface area (Å²) in [5, 5.41) is 7.34. The third-order valence-electron chi connectivity index (χ3n) is 6.82. The van der Waals surface area contributed by atoms with Crippen LogP contribution < -0.4 is 10.2 Å². The van der Waals surface area contributed by atoms with Crippen LogP contribution >= 0.6 is 0 Å². The fraction of sp³-hybridized carbons (Fsp3) is 0.300. The molecule has 0 spiro atoms. The summed E-state index contributed by atoms with van der Waals surface area (Å²) < 4.78 is 16.8. The highest BCUT2D eigenvalue weighted by Crippen LogP contribution is 2.29. The molecule has 3 heterocycles. The molecule has 1 N–H and O–H groups in total. The summed E-state index contributed by atoms with van der Waals surface area (Å²) in [6.07, 6.45) is 12.0. The molecule has 2 aromatic heterocycles. The van der Waals surface area contributed by atoms with Crippen LogP contribution in [-0.2, 0) is 41.5 Å². The fourth-order valence-corrected chi connectivity index (χ4v) is 6.00.